The highest BCUT2D eigenvalue weighted by Crippen LogP contribution is 2.46. The Balaban J connectivity index is 1.50. The lowest BCUT2D eigenvalue weighted by molar-refractivity contribution is 0.0841. The molecule has 1 fully saturated rings. The van der Waals surface area contributed by atoms with E-state index >= 15 is 0 Å². The standard InChI is InChI=1S/C27H37NO3/c1-17-14-22-23(27(4,5)13-12-26(22,2)3)16-18(17)15-21-10-11-24(31-21)25(30)28-19-6-8-20(29)9-7-19/h10-11,14,16,19-20,29H,6-9,12-13,15H2,1-5H3,(H,28,30). The number of aliphatic hydroxyl groups excluding tert-OH is 1. The Morgan fingerprint density at radius 2 is 1.65 bits per heavy atom. The first-order chi connectivity index (χ1) is 14.5. The van der Waals surface area contributed by atoms with Gasteiger partial charge in [-0.3, -0.25) is 4.79 Å². The van der Waals surface area contributed by atoms with Crippen molar-refractivity contribution in [3.05, 3.63) is 58.0 Å². The van der Waals surface area contributed by atoms with Crippen molar-refractivity contribution < 1.29 is 14.3 Å². The molecule has 0 unspecified atom stereocenters. The highest BCUT2D eigenvalue weighted by Gasteiger charge is 2.37. The van der Waals surface area contributed by atoms with Crippen molar-refractivity contribution in [1.29, 1.82) is 0 Å². The maximum absolute atomic E-state index is 12.6. The molecule has 31 heavy (non-hydrogen) atoms. The second-order valence-corrected chi connectivity index (χ2v) is 11.0. The van der Waals surface area contributed by atoms with Gasteiger partial charge in [0, 0.05) is 12.5 Å². The van der Waals surface area contributed by atoms with Crippen molar-refractivity contribution in [2.24, 2.45) is 0 Å². The molecule has 0 spiro atoms. The van der Waals surface area contributed by atoms with Crippen molar-refractivity contribution >= 4 is 5.91 Å². The quantitative estimate of drug-likeness (QED) is 0.677. The number of nitrogens with one attached hydrogen (secondary N) is 1. The first-order valence-corrected chi connectivity index (χ1v) is 11.8. The molecule has 1 saturated carbocycles. The van der Waals surface area contributed by atoms with E-state index in [0.717, 1.165) is 31.4 Å². The van der Waals surface area contributed by atoms with E-state index in [1.807, 2.05) is 6.07 Å². The summed E-state index contributed by atoms with van der Waals surface area (Å²) in [5.41, 5.74) is 5.86. The maximum atomic E-state index is 12.6. The summed E-state index contributed by atoms with van der Waals surface area (Å²) >= 11 is 0. The fourth-order valence-electron chi connectivity index (χ4n) is 5.22. The van der Waals surface area contributed by atoms with Crippen LogP contribution < -0.4 is 5.32 Å². The van der Waals surface area contributed by atoms with Gasteiger partial charge in [-0.2, -0.15) is 0 Å². The molecule has 2 aromatic rings. The summed E-state index contributed by atoms with van der Waals surface area (Å²) in [6.45, 7) is 11.6. The molecule has 0 saturated heterocycles. The first kappa shape index (κ1) is 22.1. The van der Waals surface area contributed by atoms with Crippen LogP contribution in [0, 0.1) is 6.92 Å². The molecule has 0 bridgehead atoms. The molecule has 0 atom stereocenters. The van der Waals surface area contributed by atoms with Crippen LogP contribution in [0.15, 0.2) is 28.7 Å². The van der Waals surface area contributed by atoms with Crippen LogP contribution in [0.5, 0.6) is 0 Å². The largest absolute Gasteiger partial charge is 0.456 e. The predicted octanol–water partition coefficient (Wildman–Crippen LogP) is 5.56. The van der Waals surface area contributed by atoms with Crippen LogP contribution in [0.3, 0.4) is 0 Å². The van der Waals surface area contributed by atoms with Crippen molar-refractivity contribution in [2.75, 3.05) is 0 Å². The van der Waals surface area contributed by atoms with Gasteiger partial charge in [-0.05, 0) is 90.7 Å². The molecule has 4 nitrogen and oxygen atoms in total. The third-order valence-corrected chi connectivity index (χ3v) is 7.59. The first-order valence-electron chi connectivity index (χ1n) is 11.8. The number of carbonyl (C=O) groups excluding carboxylic acids is 1. The van der Waals surface area contributed by atoms with Crippen LogP contribution >= 0.6 is 0 Å². The Bertz CT molecular complexity index is 961. The van der Waals surface area contributed by atoms with Crippen molar-refractivity contribution in [3.8, 4) is 0 Å². The zero-order valence-corrected chi connectivity index (χ0v) is 19.7. The predicted molar refractivity (Wildman–Crippen MR) is 124 cm³/mol. The van der Waals surface area contributed by atoms with Crippen LogP contribution in [-0.4, -0.2) is 23.2 Å². The second-order valence-electron chi connectivity index (χ2n) is 11.0. The fraction of sp³-hybridized carbons (Fsp3) is 0.593. The van der Waals surface area contributed by atoms with Crippen LogP contribution in [0.1, 0.15) is 105 Å². The van der Waals surface area contributed by atoms with Crippen molar-refractivity contribution in [1.82, 2.24) is 5.32 Å². The molecule has 2 aliphatic carbocycles. The zero-order valence-electron chi connectivity index (χ0n) is 19.7. The Morgan fingerprint density at radius 1 is 1.03 bits per heavy atom. The summed E-state index contributed by atoms with van der Waals surface area (Å²) in [5, 5.41) is 12.7. The van der Waals surface area contributed by atoms with Gasteiger partial charge in [-0.25, -0.2) is 0 Å². The average Bonchev–Trinajstić information content (AvgIpc) is 3.17. The van der Waals surface area contributed by atoms with Crippen LogP contribution in [-0.2, 0) is 17.3 Å². The lowest BCUT2D eigenvalue weighted by atomic mass is 9.62. The monoisotopic (exact) mass is 423 g/mol. The number of furan rings is 1. The number of aryl methyl sites for hydroxylation is 1. The van der Waals surface area contributed by atoms with Gasteiger partial charge < -0.3 is 14.8 Å². The van der Waals surface area contributed by atoms with Gasteiger partial charge in [-0.1, -0.05) is 39.8 Å². The normalized spacial score (nSPS) is 24.5. The minimum Gasteiger partial charge on any atom is -0.456 e. The fourth-order valence-corrected chi connectivity index (χ4v) is 5.22. The van der Waals surface area contributed by atoms with Gasteiger partial charge in [0.25, 0.3) is 5.91 Å². The van der Waals surface area contributed by atoms with Crippen molar-refractivity contribution in [3.63, 3.8) is 0 Å². The Kier molecular flexibility index (Phi) is 5.80. The van der Waals surface area contributed by atoms with E-state index < -0.39 is 0 Å². The number of benzene rings is 1. The number of aliphatic hydroxyl groups is 1. The summed E-state index contributed by atoms with van der Waals surface area (Å²) in [7, 11) is 0. The minimum absolute atomic E-state index is 0.123. The maximum Gasteiger partial charge on any atom is 0.287 e. The van der Waals surface area contributed by atoms with Gasteiger partial charge in [0.15, 0.2) is 5.76 Å². The summed E-state index contributed by atoms with van der Waals surface area (Å²) in [5.74, 6) is 1.04. The molecule has 4 rings (SSSR count). The Morgan fingerprint density at radius 3 is 2.29 bits per heavy atom. The molecule has 1 amide bonds. The van der Waals surface area contributed by atoms with Gasteiger partial charge >= 0.3 is 0 Å². The van der Waals surface area contributed by atoms with E-state index in [1.54, 1.807) is 6.07 Å². The van der Waals surface area contributed by atoms with E-state index in [9.17, 15) is 9.90 Å². The number of hydrogen-bond acceptors (Lipinski definition) is 3. The van der Waals surface area contributed by atoms with E-state index in [1.165, 1.54) is 35.1 Å². The van der Waals surface area contributed by atoms with Crippen LogP contribution in [0.4, 0.5) is 0 Å². The zero-order chi connectivity index (χ0) is 22.4. The molecule has 0 aliphatic heterocycles. The lowest BCUT2D eigenvalue weighted by Crippen LogP contribution is -2.38. The molecule has 2 aliphatic rings. The molecule has 1 aromatic heterocycles. The van der Waals surface area contributed by atoms with E-state index in [2.05, 4.69) is 52.1 Å². The highest BCUT2D eigenvalue weighted by molar-refractivity contribution is 5.91. The second kappa shape index (κ2) is 8.12. The van der Waals surface area contributed by atoms with Gasteiger partial charge in [0.1, 0.15) is 5.76 Å². The van der Waals surface area contributed by atoms with E-state index in [0.29, 0.717) is 12.2 Å². The van der Waals surface area contributed by atoms with Gasteiger partial charge in [0.05, 0.1) is 6.10 Å². The molecule has 4 heteroatoms. The summed E-state index contributed by atoms with van der Waals surface area (Å²) in [4.78, 5) is 12.6. The lowest BCUT2D eigenvalue weighted by Gasteiger charge is -2.42. The topological polar surface area (TPSA) is 62.5 Å². The minimum atomic E-state index is -0.223. The van der Waals surface area contributed by atoms with E-state index in [-0.39, 0.29) is 28.9 Å². The van der Waals surface area contributed by atoms with Crippen molar-refractivity contribution in [2.45, 2.75) is 103 Å². The number of amides is 1. The molecule has 2 N–H and O–H groups in total. The van der Waals surface area contributed by atoms with Gasteiger partial charge in [-0.15, -0.1) is 0 Å². The third kappa shape index (κ3) is 4.59. The summed E-state index contributed by atoms with van der Waals surface area (Å²) in [6, 6.07) is 8.58. The van der Waals surface area contributed by atoms with Crippen LogP contribution in [0.25, 0.3) is 0 Å². The molecular weight excluding hydrogens is 386 g/mol. The van der Waals surface area contributed by atoms with Crippen LogP contribution in [0.2, 0.25) is 0 Å². The Labute approximate surface area is 186 Å². The molecule has 168 valence electrons. The summed E-state index contributed by atoms with van der Waals surface area (Å²) < 4.78 is 5.94. The van der Waals surface area contributed by atoms with E-state index in [4.69, 9.17) is 4.42 Å². The molecule has 0 radical (unpaired) electrons. The number of hydrogen-bond donors (Lipinski definition) is 2. The third-order valence-electron chi connectivity index (χ3n) is 7.59. The average molecular weight is 424 g/mol. The molecular formula is C27H37NO3. The SMILES string of the molecule is Cc1cc2c(cc1Cc1ccc(C(=O)NC3CCC(O)CC3)o1)C(C)(C)CCC2(C)C. The Hall–Kier alpha value is -2.07. The number of fused-ring (bicyclic) bond motifs is 1. The molecule has 1 heterocycles. The number of carbonyl (C=O) groups is 1. The summed E-state index contributed by atoms with van der Waals surface area (Å²) in [6.07, 6.45) is 6.01. The molecule has 1 aromatic carbocycles. The highest BCUT2D eigenvalue weighted by atomic mass is 16.3. The number of rotatable bonds is 4. The smallest absolute Gasteiger partial charge is 0.287 e. The van der Waals surface area contributed by atoms with Gasteiger partial charge in [0.2, 0.25) is 0 Å².